The molecule has 0 aliphatic carbocycles. The molecule has 1 aromatic carbocycles. The number of carbonyl (C=O) groups excluding carboxylic acids is 2. The Labute approximate surface area is 144 Å². The Bertz CT molecular complexity index is 570. The van der Waals surface area contributed by atoms with Gasteiger partial charge in [0.1, 0.15) is 6.54 Å². The lowest BCUT2D eigenvalue weighted by Crippen LogP contribution is -2.48. The summed E-state index contributed by atoms with van der Waals surface area (Å²) in [4.78, 5) is 24.9. The Balaban J connectivity index is 1.65. The molecule has 0 atom stereocenters. The molecule has 0 aromatic heterocycles. The monoisotopic (exact) mass is 357 g/mol. The van der Waals surface area contributed by atoms with E-state index >= 15 is 0 Å². The maximum atomic E-state index is 12.0. The predicted octanol–water partition coefficient (Wildman–Crippen LogP) is 2.33. The van der Waals surface area contributed by atoms with Gasteiger partial charge in [-0.3, -0.25) is 15.0 Å². The highest BCUT2D eigenvalue weighted by Gasteiger charge is 2.28. The summed E-state index contributed by atoms with van der Waals surface area (Å²) in [5, 5.41) is 3.53. The lowest BCUT2D eigenvalue weighted by atomic mass is 9.90. The Morgan fingerprint density at radius 3 is 2.36 bits per heavy atom. The van der Waals surface area contributed by atoms with Gasteiger partial charge in [0.25, 0.3) is 0 Å². The third-order valence-corrected chi connectivity index (χ3v) is 4.14. The van der Waals surface area contributed by atoms with E-state index in [9.17, 15) is 22.8 Å². The first-order valence-corrected chi connectivity index (χ1v) is 8.22. The summed E-state index contributed by atoms with van der Waals surface area (Å²) in [5.74, 6) is -0.0435. The number of likely N-dealkylation sites (tertiary alicyclic amines) is 1. The fraction of sp³-hybridized carbons (Fsp3) is 0.529. The van der Waals surface area contributed by atoms with Crippen molar-refractivity contribution in [1.29, 1.82) is 0 Å². The number of halogens is 3. The molecule has 0 bridgehead atoms. The number of imide groups is 1. The maximum absolute atomic E-state index is 12.0. The number of hydrogen-bond donors (Lipinski definition) is 2. The highest BCUT2D eigenvalue weighted by atomic mass is 19.4. The van der Waals surface area contributed by atoms with Crippen LogP contribution in [0.4, 0.5) is 18.0 Å². The summed E-state index contributed by atoms with van der Waals surface area (Å²) in [7, 11) is 0. The molecule has 5 nitrogen and oxygen atoms in total. The number of hydrogen-bond acceptors (Lipinski definition) is 3. The molecular formula is C17H22F3N3O2. The van der Waals surface area contributed by atoms with Crippen LogP contribution < -0.4 is 10.6 Å². The fourth-order valence-corrected chi connectivity index (χ4v) is 2.89. The van der Waals surface area contributed by atoms with Gasteiger partial charge in [-0.15, -0.1) is 0 Å². The number of piperidine rings is 1. The second-order valence-electron chi connectivity index (χ2n) is 6.26. The summed E-state index contributed by atoms with van der Waals surface area (Å²) < 4.78 is 36.0. The molecule has 2 rings (SSSR count). The van der Waals surface area contributed by atoms with Crippen LogP contribution in [-0.4, -0.2) is 49.2 Å². The van der Waals surface area contributed by atoms with Gasteiger partial charge in [-0.2, -0.15) is 13.2 Å². The summed E-state index contributed by atoms with van der Waals surface area (Å²) in [6, 6.07) is 9.08. The molecule has 0 radical (unpaired) electrons. The van der Waals surface area contributed by atoms with E-state index in [1.165, 1.54) is 5.56 Å². The standard InChI is InChI=1S/C17H22F3N3O2/c18-17(19,20)12-21-16(25)22-15(24)11-23-8-6-14(7-9-23)10-13-4-2-1-3-5-13/h1-5,14H,6-12H2,(H2,21,22,24,25). The first-order valence-electron chi connectivity index (χ1n) is 8.22. The number of benzene rings is 1. The van der Waals surface area contributed by atoms with Crippen LogP contribution in [0.5, 0.6) is 0 Å². The van der Waals surface area contributed by atoms with Gasteiger partial charge in [-0.25, -0.2) is 4.79 Å². The largest absolute Gasteiger partial charge is 0.405 e. The summed E-state index contributed by atoms with van der Waals surface area (Å²) >= 11 is 0. The van der Waals surface area contributed by atoms with Crippen LogP contribution in [0.3, 0.4) is 0 Å². The van der Waals surface area contributed by atoms with Gasteiger partial charge < -0.3 is 5.32 Å². The van der Waals surface area contributed by atoms with Gasteiger partial charge in [0.05, 0.1) is 6.54 Å². The van der Waals surface area contributed by atoms with Crippen LogP contribution in [0.1, 0.15) is 18.4 Å². The SMILES string of the molecule is O=C(CN1CCC(Cc2ccccc2)CC1)NC(=O)NCC(F)(F)F. The number of nitrogens with zero attached hydrogens (tertiary/aromatic N) is 1. The number of nitrogens with one attached hydrogen (secondary N) is 2. The fourth-order valence-electron chi connectivity index (χ4n) is 2.89. The van der Waals surface area contributed by atoms with Crippen LogP contribution in [0, 0.1) is 5.92 Å². The van der Waals surface area contributed by atoms with Gasteiger partial charge >= 0.3 is 12.2 Å². The number of rotatable bonds is 5. The molecule has 1 saturated heterocycles. The number of carbonyl (C=O) groups is 2. The molecule has 1 aliphatic rings. The quantitative estimate of drug-likeness (QED) is 0.850. The minimum atomic E-state index is -4.50. The normalized spacial score (nSPS) is 16.4. The van der Waals surface area contributed by atoms with Crippen molar-refractivity contribution in [3.8, 4) is 0 Å². The summed E-state index contributed by atoms with van der Waals surface area (Å²) in [6.07, 6.45) is -1.60. The molecule has 8 heteroatoms. The van der Waals surface area contributed by atoms with E-state index in [4.69, 9.17) is 0 Å². The van der Waals surface area contributed by atoms with Gasteiger partial charge in [-0.1, -0.05) is 30.3 Å². The third-order valence-electron chi connectivity index (χ3n) is 4.14. The molecule has 2 N–H and O–H groups in total. The molecule has 25 heavy (non-hydrogen) atoms. The Morgan fingerprint density at radius 2 is 1.76 bits per heavy atom. The van der Waals surface area contributed by atoms with E-state index in [1.807, 2.05) is 28.4 Å². The van der Waals surface area contributed by atoms with Crippen molar-refractivity contribution in [2.45, 2.75) is 25.4 Å². The second kappa shape index (κ2) is 8.84. The molecule has 1 aliphatic heterocycles. The summed E-state index contributed by atoms with van der Waals surface area (Å²) in [5.41, 5.74) is 1.29. The molecule has 0 spiro atoms. The predicted molar refractivity (Wildman–Crippen MR) is 86.9 cm³/mol. The van der Waals surface area contributed by atoms with E-state index < -0.39 is 24.7 Å². The smallest absolute Gasteiger partial charge is 0.329 e. The Kier molecular flexibility index (Phi) is 6.81. The molecule has 138 valence electrons. The molecule has 1 heterocycles. The van der Waals surface area contributed by atoms with Crippen molar-refractivity contribution in [3.63, 3.8) is 0 Å². The van der Waals surface area contributed by atoms with Crippen LogP contribution in [0.25, 0.3) is 0 Å². The zero-order valence-corrected chi connectivity index (χ0v) is 13.8. The van der Waals surface area contributed by atoms with E-state index in [0.29, 0.717) is 5.92 Å². The van der Waals surface area contributed by atoms with Crippen LogP contribution in [0.2, 0.25) is 0 Å². The number of amides is 3. The average Bonchev–Trinajstić information content (AvgIpc) is 2.55. The van der Waals surface area contributed by atoms with Gasteiger partial charge in [0, 0.05) is 0 Å². The zero-order valence-electron chi connectivity index (χ0n) is 13.8. The highest BCUT2D eigenvalue weighted by Crippen LogP contribution is 2.21. The number of alkyl halides is 3. The van der Waals surface area contributed by atoms with Crippen molar-refractivity contribution >= 4 is 11.9 Å². The van der Waals surface area contributed by atoms with Crippen LogP contribution in [0.15, 0.2) is 30.3 Å². The second-order valence-corrected chi connectivity index (χ2v) is 6.26. The first-order chi connectivity index (χ1) is 11.8. The molecule has 1 fully saturated rings. The molecular weight excluding hydrogens is 335 g/mol. The minimum Gasteiger partial charge on any atom is -0.329 e. The van der Waals surface area contributed by atoms with E-state index in [2.05, 4.69) is 12.1 Å². The molecule has 0 unspecified atom stereocenters. The van der Waals surface area contributed by atoms with Crippen LogP contribution >= 0.6 is 0 Å². The van der Waals surface area contributed by atoms with Crippen molar-refractivity contribution in [2.24, 2.45) is 5.92 Å². The lowest BCUT2D eigenvalue weighted by molar-refractivity contribution is -0.125. The first kappa shape index (κ1) is 19.2. The Morgan fingerprint density at radius 1 is 1.12 bits per heavy atom. The minimum absolute atomic E-state index is 0.0114. The van der Waals surface area contributed by atoms with E-state index in [0.717, 1.165) is 32.4 Å². The average molecular weight is 357 g/mol. The molecule has 0 saturated carbocycles. The van der Waals surface area contributed by atoms with Gasteiger partial charge in [0.2, 0.25) is 5.91 Å². The molecule has 1 aromatic rings. The van der Waals surface area contributed by atoms with Crippen molar-refractivity contribution < 1.29 is 22.8 Å². The lowest BCUT2D eigenvalue weighted by Gasteiger charge is -2.31. The third kappa shape index (κ3) is 7.55. The maximum Gasteiger partial charge on any atom is 0.405 e. The van der Waals surface area contributed by atoms with E-state index in [1.54, 1.807) is 5.32 Å². The topological polar surface area (TPSA) is 61.4 Å². The van der Waals surface area contributed by atoms with Crippen molar-refractivity contribution in [2.75, 3.05) is 26.2 Å². The van der Waals surface area contributed by atoms with E-state index in [-0.39, 0.29) is 6.54 Å². The zero-order chi connectivity index (χ0) is 18.3. The van der Waals surface area contributed by atoms with Crippen LogP contribution in [-0.2, 0) is 11.2 Å². The van der Waals surface area contributed by atoms with Crippen molar-refractivity contribution in [1.82, 2.24) is 15.5 Å². The van der Waals surface area contributed by atoms with Crippen molar-refractivity contribution in [3.05, 3.63) is 35.9 Å². The highest BCUT2D eigenvalue weighted by molar-refractivity contribution is 5.95. The van der Waals surface area contributed by atoms with Gasteiger partial charge in [-0.05, 0) is 43.8 Å². The molecule has 3 amide bonds. The Hall–Kier alpha value is -2.09. The summed E-state index contributed by atoms with van der Waals surface area (Å²) in [6.45, 7) is 0.0126. The van der Waals surface area contributed by atoms with Gasteiger partial charge in [0.15, 0.2) is 0 Å². The number of urea groups is 1.